The molecule has 2 nitrogen and oxygen atoms in total. The van der Waals surface area contributed by atoms with E-state index >= 15 is 0 Å². The third-order valence-electron chi connectivity index (χ3n) is 2.17. The Labute approximate surface area is 80.2 Å². The minimum atomic E-state index is -0.275. The smallest absolute Gasteiger partial charge is 0.0356 e. The predicted octanol–water partition coefficient (Wildman–Crippen LogP) is 2.40. The topological polar surface area (TPSA) is 38.9 Å². The van der Waals surface area contributed by atoms with E-state index < -0.39 is 0 Å². The van der Waals surface area contributed by atoms with Crippen LogP contribution in [0.4, 0.5) is 0 Å². The maximum Gasteiger partial charge on any atom is 0.0356 e. The standard InChI is InChI=1S/C11H18N2/c1-8(2)9-7-13-6-5-10(9)11(3,4)12/h5-8H,12H2,1-4H3. The number of nitrogens with zero attached hydrogens (tertiary/aromatic N) is 1. The summed E-state index contributed by atoms with van der Waals surface area (Å²) >= 11 is 0. The molecule has 0 saturated carbocycles. The maximum absolute atomic E-state index is 6.07. The van der Waals surface area contributed by atoms with E-state index in [9.17, 15) is 0 Å². The third-order valence-corrected chi connectivity index (χ3v) is 2.17. The van der Waals surface area contributed by atoms with Gasteiger partial charge in [-0.3, -0.25) is 4.98 Å². The Balaban J connectivity index is 3.20. The fourth-order valence-corrected chi connectivity index (χ4v) is 1.45. The van der Waals surface area contributed by atoms with Crippen molar-refractivity contribution in [2.24, 2.45) is 5.73 Å². The lowest BCUT2D eigenvalue weighted by Crippen LogP contribution is -2.30. The molecule has 0 radical (unpaired) electrons. The second-order valence-electron chi connectivity index (χ2n) is 4.34. The molecule has 0 spiro atoms. The second-order valence-corrected chi connectivity index (χ2v) is 4.34. The largest absolute Gasteiger partial charge is 0.322 e. The van der Waals surface area contributed by atoms with Crippen LogP contribution >= 0.6 is 0 Å². The molecule has 0 aromatic carbocycles. The van der Waals surface area contributed by atoms with Gasteiger partial charge in [0.1, 0.15) is 0 Å². The lowest BCUT2D eigenvalue weighted by Gasteiger charge is -2.23. The SMILES string of the molecule is CC(C)c1cnccc1C(C)(C)N. The molecule has 72 valence electrons. The molecule has 1 rings (SSSR count). The minimum Gasteiger partial charge on any atom is -0.322 e. The molecule has 0 atom stereocenters. The van der Waals surface area contributed by atoms with E-state index in [-0.39, 0.29) is 5.54 Å². The van der Waals surface area contributed by atoms with E-state index in [2.05, 4.69) is 18.8 Å². The zero-order valence-electron chi connectivity index (χ0n) is 8.83. The van der Waals surface area contributed by atoms with Gasteiger partial charge in [-0.15, -0.1) is 0 Å². The lowest BCUT2D eigenvalue weighted by molar-refractivity contribution is 0.542. The second kappa shape index (κ2) is 3.46. The van der Waals surface area contributed by atoms with Crippen LogP contribution in [-0.2, 0) is 5.54 Å². The quantitative estimate of drug-likeness (QED) is 0.755. The average molecular weight is 178 g/mol. The molecule has 0 aliphatic rings. The molecular weight excluding hydrogens is 160 g/mol. The highest BCUT2D eigenvalue weighted by atomic mass is 14.7. The van der Waals surface area contributed by atoms with Crippen molar-refractivity contribution < 1.29 is 0 Å². The van der Waals surface area contributed by atoms with Gasteiger partial charge in [-0.1, -0.05) is 13.8 Å². The van der Waals surface area contributed by atoms with Crippen LogP contribution in [0.25, 0.3) is 0 Å². The van der Waals surface area contributed by atoms with Crippen LogP contribution in [0.5, 0.6) is 0 Å². The number of pyridine rings is 1. The number of hydrogen-bond acceptors (Lipinski definition) is 2. The Morgan fingerprint density at radius 1 is 1.38 bits per heavy atom. The first kappa shape index (κ1) is 10.2. The summed E-state index contributed by atoms with van der Waals surface area (Å²) in [5.41, 5.74) is 8.23. The molecule has 0 aliphatic heterocycles. The molecule has 1 heterocycles. The van der Waals surface area contributed by atoms with E-state index in [1.165, 1.54) is 11.1 Å². The maximum atomic E-state index is 6.07. The summed E-state index contributed by atoms with van der Waals surface area (Å²) in [6.45, 7) is 8.36. The Bertz CT molecular complexity index is 284. The van der Waals surface area contributed by atoms with Crippen LogP contribution in [-0.4, -0.2) is 4.98 Å². The summed E-state index contributed by atoms with van der Waals surface area (Å²) in [6, 6.07) is 2.01. The molecule has 0 unspecified atom stereocenters. The monoisotopic (exact) mass is 178 g/mol. The van der Waals surface area contributed by atoms with Crippen molar-refractivity contribution >= 4 is 0 Å². The summed E-state index contributed by atoms with van der Waals surface area (Å²) in [4.78, 5) is 4.12. The van der Waals surface area contributed by atoms with Gasteiger partial charge in [0.15, 0.2) is 0 Å². The van der Waals surface area contributed by atoms with Crippen LogP contribution in [0.3, 0.4) is 0 Å². The zero-order valence-corrected chi connectivity index (χ0v) is 8.83. The zero-order chi connectivity index (χ0) is 10.1. The first-order valence-corrected chi connectivity index (χ1v) is 4.66. The van der Waals surface area contributed by atoms with Crippen molar-refractivity contribution in [3.8, 4) is 0 Å². The molecule has 1 aromatic heterocycles. The van der Waals surface area contributed by atoms with Crippen LogP contribution in [0.15, 0.2) is 18.5 Å². The van der Waals surface area contributed by atoms with Crippen LogP contribution in [0, 0.1) is 0 Å². The Kier molecular flexibility index (Phi) is 2.71. The molecule has 2 N–H and O–H groups in total. The van der Waals surface area contributed by atoms with Crippen LogP contribution in [0.1, 0.15) is 44.7 Å². The van der Waals surface area contributed by atoms with Crippen molar-refractivity contribution in [3.05, 3.63) is 29.6 Å². The van der Waals surface area contributed by atoms with Crippen molar-refractivity contribution in [2.75, 3.05) is 0 Å². The summed E-state index contributed by atoms with van der Waals surface area (Å²) in [5.74, 6) is 0.478. The van der Waals surface area contributed by atoms with Gasteiger partial charge < -0.3 is 5.73 Å². The first-order valence-electron chi connectivity index (χ1n) is 4.66. The van der Waals surface area contributed by atoms with Crippen molar-refractivity contribution in [1.29, 1.82) is 0 Å². The van der Waals surface area contributed by atoms with E-state index in [1.807, 2.05) is 26.1 Å². The van der Waals surface area contributed by atoms with Crippen molar-refractivity contribution in [2.45, 2.75) is 39.2 Å². The first-order chi connectivity index (χ1) is 5.93. The van der Waals surface area contributed by atoms with Gasteiger partial charge in [0.05, 0.1) is 0 Å². The molecule has 0 saturated heterocycles. The molecule has 0 bridgehead atoms. The summed E-state index contributed by atoms with van der Waals surface area (Å²) in [6.07, 6.45) is 3.71. The van der Waals surface area contributed by atoms with Gasteiger partial charge in [0, 0.05) is 17.9 Å². The highest BCUT2D eigenvalue weighted by Crippen LogP contribution is 2.25. The van der Waals surface area contributed by atoms with E-state index in [1.54, 1.807) is 6.20 Å². The molecule has 0 amide bonds. The minimum absolute atomic E-state index is 0.275. The highest BCUT2D eigenvalue weighted by molar-refractivity contribution is 5.31. The molecule has 1 aromatic rings. The van der Waals surface area contributed by atoms with Gasteiger partial charge in [0.2, 0.25) is 0 Å². The lowest BCUT2D eigenvalue weighted by atomic mass is 9.88. The molecule has 2 heteroatoms. The van der Waals surface area contributed by atoms with Crippen molar-refractivity contribution in [3.63, 3.8) is 0 Å². The molecular formula is C11H18N2. The van der Waals surface area contributed by atoms with E-state index in [4.69, 9.17) is 5.73 Å². The Morgan fingerprint density at radius 3 is 2.38 bits per heavy atom. The number of rotatable bonds is 2. The highest BCUT2D eigenvalue weighted by Gasteiger charge is 2.19. The molecule has 0 fully saturated rings. The van der Waals surface area contributed by atoms with Crippen LogP contribution < -0.4 is 5.73 Å². The number of hydrogen-bond donors (Lipinski definition) is 1. The van der Waals surface area contributed by atoms with E-state index in [0.29, 0.717) is 5.92 Å². The van der Waals surface area contributed by atoms with Gasteiger partial charge in [-0.05, 0) is 37.0 Å². The third kappa shape index (κ3) is 2.28. The van der Waals surface area contributed by atoms with E-state index in [0.717, 1.165) is 0 Å². The fourth-order valence-electron chi connectivity index (χ4n) is 1.45. The van der Waals surface area contributed by atoms with Crippen LogP contribution in [0.2, 0.25) is 0 Å². The Morgan fingerprint density at radius 2 is 2.00 bits per heavy atom. The normalized spacial score (nSPS) is 12.2. The molecule has 0 aliphatic carbocycles. The number of aromatic nitrogens is 1. The van der Waals surface area contributed by atoms with Gasteiger partial charge >= 0.3 is 0 Å². The molecule has 13 heavy (non-hydrogen) atoms. The fraction of sp³-hybridized carbons (Fsp3) is 0.545. The number of nitrogens with two attached hydrogens (primary N) is 1. The Hall–Kier alpha value is -0.890. The van der Waals surface area contributed by atoms with Gasteiger partial charge in [-0.2, -0.15) is 0 Å². The van der Waals surface area contributed by atoms with Gasteiger partial charge in [-0.25, -0.2) is 0 Å². The van der Waals surface area contributed by atoms with Crippen molar-refractivity contribution in [1.82, 2.24) is 4.98 Å². The summed E-state index contributed by atoms with van der Waals surface area (Å²) in [5, 5.41) is 0. The predicted molar refractivity (Wildman–Crippen MR) is 55.5 cm³/mol. The van der Waals surface area contributed by atoms with Gasteiger partial charge in [0.25, 0.3) is 0 Å². The summed E-state index contributed by atoms with van der Waals surface area (Å²) < 4.78 is 0. The summed E-state index contributed by atoms with van der Waals surface area (Å²) in [7, 11) is 0. The average Bonchev–Trinajstić information content (AvgIpc) is 2.03.